The first-order valence-electron chi connectivity index (χ1n) is 8.95. The van der Waals surface area contributed by atoms with Crippen molar-refractivity contribution >= 4 is 29.1 Å². The molecule has 27 heavy (non-hydrogen) atoms. The molecule has 1 amide bonds. The molecule has 0 bridgehead atoms. The number of nitrogens with zero attached hydrogens (tertiary/aromatic N) is 2. The van der Waals surface area contributed by atoms with Crippen LogP contribution in [0.5, 0.6) is 5.75 Å². The van der Waals surface area contributed by atoms with Gasteiger partial charge >= 0.3 is 6.09 Å². The van der Waals surface area contributed by atoms with Crippen LogP contribution in [0.3, 0.4) is 0 Å². The van der Waals surface area contributed by atoms with Crippen LogP contribution < -0.4 is 20.5 Å². The van der Waals surface area contributed by atoms with E-state index in [9.17, 15) is 4.79 Å². The van der Waals surface area contributed by atoms with E-state index in [4.69, 9.17) is 16.3 Å². The first-order chi connectivity index (χ1) is 12.9. The van der Waals surface area contributed by atoms with Crippen molar-refractivity contribution in [2.45, 2.75) is 24.9 Å². The third kappa shape index (κ3) is 3.09. The summed E-state index contributed by atoms with van der Waals surface area (Å²) in [5.41, 5.74) is 8.45. The maximum Gasteiger partial charge on any atom is 0.431 e. The van der Waals surface area contributed by atoms with Gasteiger partial charge in [0.05, 0.1) is 11.9 Å². The molecular formula is C20H23ClN4O2. The topological polar surface area (TPSA) is 56.8 Å². The van der Waals surface area contributed by atoms with Gasteiger partial charge in [0, 0.05) is 29.7 Å². The van der Waals surface area contributed by atoms with Gasteiger partial charge in [-0.25, -0.2) is 10.2 Å². The molecule has 2 N–H and O–H groups in total. The summed E-state index contributed by atoms with van der Waals surface area (Å²) in [7, 11) is 4.28. The Morgan fingerprint density at radius 1 is 1.26 bits per heavy atom. The molecule has 0 spiro atoms. The van der Waals surface area contributed by atoms with E-state index in [1.807, 2.05) is 18.2 Å². The summed E-state index contributed by atoms with van der Waals surface area (Å²) in [6, 6.07) is 12.9. The number of hydrogen-bond donors (Lipinski definition) is 2. The maximum absolute atomic E-state index is 12.1. The van der Waals surface area contributed by atoms with Crippen LogP contribution in [-0.4, -0.2) is 37.8 Å². The molecule has 2 aliphatic heterocycles. The van der Waals surface area contributed by atoms with Crippen LogP contribution in [0.15, 0.2) is 42.5 Å². The predicted octanol–water partition coefficient (Wildman–Crippen LogP) is 3.82. The Labute approximate surface area is 164 Å². The number of ether oxygens (including phenoxy) is 1. The molecule has 0 unspecified atom stereocenters. The van der Waals surface area contributed by atoms with Gasteiger partial charge in [-0.15, -0.1) is 0 Å². The van der Waals surface area contributed by atoms with Gasteiger partial charge in [0.2, 0.25) is 0 Å². The van der Waals surface area contributed by atoms with E-state index in [1.54, 1.807) is 24.3 Å². The minimum Gasteiger partial charge on any atom is -0.409 e. The van der Waals surface area contributed by atoms with Crippen molar-refractivity contribution in [2.24, 2.45) is 0 Å². The Morgan fingerprint density at radius 2 is 2.07 bits per heavy atom. The van der Waals surface area contributed by atoms with Crippen LogP contribution in [0.1, 0.15) is 18.9 Å². The fourth-order valence-corrected chi connectivity index (χ4v) is 4.63. The number of carbonyl (C=O) groups excluding carboxylic acids is 1. The van der Waals surface area contributed by atoms with Crippen LogP contribution >= 0.6 is 11.6 Å². The van der Waals surface area contributed by atoms with Crippen molar-refractivity contribution in [1.82, 2.24) is 10.3 Å². The van der Waals surface area contributed by atoms with Crippen molar-refractivity contribution in [2.75, 3.05) is 31.0 Å². The number of halogens is 1. The minimum atomic E-state index is -0.577. The zero-order chi connectivity index (χ0) is 19.2. The van der Waals surface area contributed by atoms with Gasteiger partial charge in [0.1, 0.15) is 5.75 Å². The molecule has 4 rings (SSSR count). The van der Waals surface area contributed by atoms with Crippen molar-refractivity contribution < 1.29 is 9.53 Å². The van der Waals surface area contributed by atoms with Gasteiger partial charge in [-0.1, -0.05) is 24.6 Å². The fourth-order valence-electron chi connectivity index (χ4n) is 4.44. The van der Waals surface area contributed by atoms with E-state index >= 15 is 0 Å². The van der Waals surface area contributed by atoms with Crippen molar-refractivity contribution in [3.05, 3.63) is 53.1 Å². The Hall–Kier alpha value is -2.44. The Morgan fingerprint density at radius 3 is 2.85 bits per heavy atom. The second-order valence-electron chi connectivity index (χ2n) is 7.46. The summed E-state index contributed by atoms with van der Waals surface area (Å²) in [4.78, 5) is 16.8. The van der Waals surface area contributed by atoms with Gasteiger partial charge in [0.25, 0.3) is 0 Å². The average molecular weight is 387 g/mol. The highest BCUT2D eigenvalue weighted by atomic mass is 35.5. The zero-order valence-electron chi connectivity index (χ0n) is 15.6. The lowest BCUT2D eigenvalue weighted by Gasteiger charge is -2.32. The molecule has 7 heteroatoms. The molecule has 1 fully saturated rings. The van der Waals surface area contributed by atoms with Gasteiger partial charge < -0.3 is 9.64 Å². The number of rotatable bonds is 3. The van der Waals surface area contributed by atoms with E-state index in [2.05, 4.69) is 41.7 Å². The summed E-state index contributed by atoms with van der Waals surface area (Å²) >= 11 is 5.93. The van der Waals surface area contributed by atoms with Gasteiger partial charge in [-0.3, -0.25) is 10.3 Å². The lowest BCUT2D eigenvalue weighted by atomic mass is 9.81. The number of likely N-dealkylation sites (tertiary alicyclic amines) is 1. The van der Waals surface area contributed by atoms with Crippen LogP contribution in [0.4, 0.5) is 16.2 Å². The number of nitrogens with one attached hydrogen (secondary N) is 2. The smallest absolute Gasteiger partial charge is 0.409 e. The number of benzene rings is 2. The van der Waals surface area contributed by atoms with Crippen LogP contribution in [0.25, 0.3) is 0 Å². The van der Waals surface area contributed by atoms with E-state index < -0.39 is 6.09 Å². The molecule has 6 nitrogen and oxygen atoms in total. The molecular weight excluding hydrogens is 364 g/mol. The molecule has 0 radical (unpaired) electrons. The Balaban J connectivity index is 1.47. The molecule has 2 aromatic rings. The van der Waals surface area contributed by atoms with E-state index in [1.165, 1.54) is 11.3 Å². The predicted molar refractivity (Wildman–Crippen MR) is 107 cm³/mol. The first-order valence-corrected chi connectivity index (χ1v) is 9.33. The lowest BCUT2D eigenvalue weighted by molar-refractivity contribution is 0.202. The average Bonchev–Trinajstić information content (AvgIpc) is 3.06. The van der Waals surface area contributed by atoms with Crippen molar-refractivity contribution in [1.29, 1.82) is 0 Å². The number of hydrogen-bond acceptors (Lipinski definition) is 5. The lowest BCUT2D eigenvalue weighted by Crippen LogP contribution is -2.45. The number of carbonyl (C=O) groups is 1. The molecule has 0 aliphatic carbocycles. The second-order valence-corrected chi connectivity index (χ2v) is 7.90. The van der Waals surface area contributed by atoms with Gasteiger partial charge in [-0.2, -0.15) is 0 Å². The highest BCUT2D eigenvalue weighted by molar-refractivity contribution is 6.30. The number of hydrazine groups is 1. The van der Waals surface area contributed by atoms with Gasteiger partial charge in [-0.05, 0) is 55.4 Å². The third-order valence-corrected chi connectivity index (χ3v) is 5.88. The van der Waals surface area contributed by atoms with Crippen molar-refractivity contribution in [3.63, 3.8) is 0 Å². The number of amides is 1. The molecule has 2 aliphatic rings. The summed E-state index contributed by atoms with van der Waals surface area (Å²) < 4.78 is 5.47. The third-order valence-electron chi connectivity index (χ3n) is 5.65. The maximum atomic E-state index is 12.1. The molecule has 2 aromatic carbocycles. The number of likely N-dealkylation sites (N-methyl/N-ethyl adjacent to an activating group) is 2. The molecule has 2 atom stereocenters. The summed E-state index contributed by atoms with van der Waals surface area (Å²) in [5.74, 6) is 0.531. The monoisotopic (exact) mass is 386 g/mol. The molecule has 0 aromatic heterocycles. The summed E-state index contributed by atoms with van der Waals surface area (Å²) in [6.07, 6.45) is 0.838. The molecule has 2 heterocycles. The summed E-state index contributed by atoms with van der Waals surface area (Å²) in [6.45, 7) is 3.34. The van der Waals surface area contributed by atoms with Crippen LogP contribution in [-0.2, 0) is 5.41 Å². The van der Waals surface area contributed by atoms with Crippen LogP contribution in [0, 0.1) is 0 Å². The SMILES string of the molecule is CN1CC[C@@]2(C)c3cc(OC(=O)NNc4cccc(Cl)c4)ccc3N(C)[C@H]12. The quantitative estimate of drug-likeness (QED) is 0.785. The second kappa shape index (κ2) is 6.62. The van der Waals surface area contributed by atoms with Crippen molar-refractivity contribution in [3.8, 4) is 5.75 Å². The van der Waals surface area contributed by atoms with E-state index in [0.717, 1.165) is 13.0 Å². The highest BCUT2D eigenvalue weighted by Gasteiger charge is 2.52. The normalized spacial score (nSPS) is 23.7. The largest absolute Gasteiger partial charge is 0.431 e. The first kappa shape index (κ1) is 17.9. The van der Waals surface area contributed by atoms with Gasteiger partial charge in [0.15, 0.2) is 0 Å². The Bertz CT molecular complexity index is 890. The number of fused-ring (bicyclic) bond motifs is 3. The highest BCUT2D eigenvalue weighted by Crippen LogP contribution is 2.51. The molecule has 0 saturated carbocycles. The standard InChI is InChI=1S/C20H23ClN4O2/c1-20-9-10-24(2)18(20)25(3)17-8-7-15(12-16(17)20)27-19(26)23-22-14-6-4-5-13(21)11-14/h4-8,11-12,18,22H,9-10H2,1-3H3,(H,23,26)/t18-,20-/m0/s1. The minimum absolute atomic E-state index is 0.0354. The fraction of sp³-hybridized carbons (Fsp3) is 0.350. The molecule has 1 saturated heterocycles. The van der Waals surface area contributed by atoms with E-state index in [-0.39, 0.29) is 5.41 Å². The number of anilines is 2. The Kier molecular flexibility index (Phi) is 4.40. The molecule has 142 valence electrons. The zero-order valence-corrected chi connectivity index (χ0v) is 16.4. The van der Waals surface area contributed by atoms with Crippen LogP contribution in [0.2, 0.25) is 5.02 Å². The van der Waals surface area contributed by atoms with E-state index in [0.29, 0.717) is 22.6 Å². The summed E-state index contributed by atoms with van der Waals surface area (Å²) in [5, 5.41) is 0.585.